The highest BCUT2D eigenvalue weighted by Gasteiger charge is 2.16. The molecule has 5 aromatic rings. The number of hydrogen-bond acceptors (Lipinski definition) is 5. The molecule has 0 unspecified atom stereocenters. The van der Waals surface area contributed by atoms with Gasteiger partial charge in [0.2, 0.25) is 0 Å². The number of hydrogen-bond donors (Lipinski definition) is 3. The van der Waals surface area contributed by atoms with Crippen molar-refractivity contribution in [1.29, 1.82) is 0 Å². The third-order valence-electron chi connectivity index (χ3n) is 5.70. The summed E-state index contributed by atoms with van der Waals surface area (Å²) in [6.07, 6.45) is 0. The maximum absolute atomic E-state index is 9.77. The number of para-hydroxylation sites is 1. The van der Waals surface area contributed by atoms with Gasteiger partial charge in [-0.2, -0.15) is 0 Å². The molecule has 5 heteroatoms. The van der Waals surface area contributed by atoms with E-state index in [1.165, 1.54) is 0 Å². The second-order valence-corrected chi connectivity index (χ2v) is 8.07. The summed E-state index contributed by atoms with van der Waals surface area (Å²) in [6.45, 7) is 0. The molecule has 0 radical (unpaired) electrons. The summed E-state index contributed by atoms with van der Waals surface area (Å²) in [4.78, 5) is 4.17. The molecule has 0 saturated heterocycles. The van der Waals surface area contributed by atoms with Crippen LogP contribution >= 0.6 is 0 Å². The van der Waals surface area contributed by atoms with Crippen LogP contribution in [0.1, 0.15) is 0 Å². The van der Waals surface area contributed by atoms with Gasteiger partial charge in [0.15, 0.2) is 0 Å². The van der Waals surface area contributed by atoms with Gasteiger partial charge in [-0.1, -0.05) is 18.2 Å². The molecule has 0 spiro atoms. The topological polar surface area (TPSA) is 67.2 Å². The predicted molar refractivity (Wildman–Crippen MR) is 141 cm³/mol. The van der Waals surface area contributed by atoms with E-state index in [0.717, 1.165) is 34.1 Å². The number of rotatable bonds is 6. The standard InChI is InChI=1S/C30H24N2O3/c33-28-16-10-25(11-17-28)31(22-4-2-1-3-5-22)23-6-8-24(9-7-23)32(26-12-18-29(34)19-13-26)27-14-20-30(35)21-15-27/h1-21,33-35H. The highest BCUT2D eigenvalue weighted by atomic mass is 16.3. The third kappa shape index (κ3) is 4.75. The van der Waals surface area contributed by atoms with E-state index in [-0.39, 0.29) is 17.2 Å². The molecule has 35 heavy (non-hydrogen) atoms. The van der Waals surface area contributed by atoms with Crippen molar-refractivity contribution >= 4 is 34.1 Å². The summed E-state index contributed by atoms with van der Waals surface area (Å²) >= 11 is 0. The Labute approximate surface area is 204 Å². The van der Waals surface area contributed by atoms with Crippen molar-refractivity contribution in [2.24, 2.45) is 0 Å². The van der Waals surface area contributed by atoms with E-state index in [9.17, 15) is 15.3 Å². The molecule has 172 valence electrons. The van der Waals surface area contributed by atoms with Crippen LogP contribution < -0.4 is 9.80 Å². The van der Waals surface area contributed by atoms with Gasteiger partial charge in [0, 0.05) is 34.1 Å². The normalized spacial score (nSPS) is 10.6. The van der Waals surface area contributed by atoms with Gasteiger partial charge in [0.05, 0.1) is 0 Å². The first-order valence-corrected chi connectivity index (χ1v) is 11.2. The Bertz CT molecular complexity index is 1340. The van der Waals surface area contributed by atoms with Crippen LogP contribution in [0.3, 0.4) is 0 Å². The summed E-state index contributed by atoms with van der Waals surface area (Å²) in [6, 6.07) is 39.3. The molecule has 0 atom stereocenters. The molecule has 0 amide bonds. The van der Waals surface area contributed by atoms with E-state index in [2.05, 4.69) is 9.80 Å². The van der Waals surface area contributed by atoms with Gasteiger partial charge in [0.25, 0.3) is 0 Å². The molecule has 0 bridgehead atoms. The highest BCUT2D eigenvalue weighted by molar-refractivity contribution is 5.81. The van der Waals surface area contributed by atoms with Crippen LogP contribution in [0.5, 0.6) is 17.2 Å². The molecule has 5 nitrogen and oxygen atoms in total. The van der Waals surface area contributed by atoms with Gasteiger partial charge >= 0.3 is 0 Å². The maximum Gasteiger partial charge on any atom is 0.115 e. The molecule has 5 aromatic carbocycles. The van der Waals surface area contributed by atoms with Crippen molar-refractivity contribution in [2.75, 3.05) is 9.80 Å². The first-order valence-electron chi connectivity index (χ1n) is 11.2. The number of aromatic hydroxyl groups is 3. The lowest BCUT2D eigenvalue weighted by atomic mass is 10.1. The molecule has 5 rings (SSSR count). The molecule has 0 aliphatic carbocycles. The van der Waals surface area contributed by atoms with Crippen molar-refractivity contribution in [3.05, 3.63) is 127 Å². The Morgan fingerprint density at radius 3 is 0.800 bits per heavy atom. The monoisotopic (exact) mass is 460 g/mol. The Morgan fingerprint density at radius 2 is 0.514 bits per heavy atom. The first-order chi connectivity index (χ1) is 17.1. The number of nitrogens with zero attached hydrogens (tertiary/aromatic N) is 2. The zero-order valence-corrected chi connectivity index (χ0v) is 18.9. The Balaban J connectivity index is 1.57. The van der Waals surface area contributed by atoms with E-state index >= 15 is 0 Å². The second kappa shape index (κ2) is 9.53. The third-order valence-corrected chi connectivity index (χ3v) is 5.70. The van der Waals surface area contributed by atoms with Crippen molar-refractivity contribution in [1.82, 2.24) is 0 Å². The Morgan fingerprint density at radius 1 is 0.286 bits per heavy atom. The number of phenolic OH excluding ortho intramolecular Hbond substituents is 3. The molecule has 0 aliphatic rings. The van der Waals surface area contributed by atoms with E-state index in [0.29, 0.717) is 0 Å². The number of phenols is 3. The Kier molecular flexibility index (Phi) is 5.97. The Hall–Kier alpha value is -4.90. The zero-order valence-electron chi connectivity index (χ0n) is 18.9. The fourth-order valence-electron chi connectivity index (χ4n) is 4.03. The molecule has 0 fully saturated rings. The predicted octanol–water partition coefficient (Wildman–Crippen LogP) is 7.74. The smallest absolute Gasteiger partial charge is 0.115 e. The van der Waals surface area contributed by atoms with Crippen LogP contribution in [0, 0.1) is 0 Å². The van der Waals surface area contributed by atoms with Crippen LogP contribution in [0.25, 0.3) is 0 Å². The molecule has 0 heterocycles. The molecule has 0 aliphatic heterocycles. The minimum Gasteiger partial charge on any atom is -0.508 e. The fraction of sp³-hybridized carbons (Fsp3) is 0. The molecule has 0 saturated carbocycles. The van der Waals surface area contributed by atoms with Crippen molar-refractivity contribution in [2.45, 2.75) is 0 Å². The van der Waals surface area contributed by atoms with Gasteiger partial charge < -0.3 is 25.1 Å². The lowest BCUT2D eigenvalue weighted by molar-refractivity contribution is 0.475. The lowest BCUT2D eigenvalue weighted by Gasteiger charge is -2.28. The molecule has 0 aromatic heterocycles. The van der Waals surface area contributed by atoms with Gasteiger partial charge in [0.1, 0.15) is 17.2 Å². The van der Waals surface area contributed by atoms with Crippen LogP contribution in [0.15, 0.2) is 127 Å². The van der Waals surface area contributed by atoms with Gasteiger partial charge in [-0.25, -0.2) is 0 Å². The summed E-state index contributed by atoms with van der Waals surface area (Å²) in [5.74, 6) is 0.611. The quantitative estimate of drug-likeness (QED) is 0.242. The minimum atomic E-state index is 0.196. The number of anilines is 6. The van der Waals surface area contributed by atoms with Gasteiger partial charge in [-0.3, -0.25) is 0 Å². The summed E-state index contributed by atoms with van der Waals surface area (Å²) in [5, 5.41) is 29.3. The second-order valence-electron chi connectivity index (χ2n) is 8.07. The first kappa shape index (κ1) is 21.9. The van der Waals surface area contributed by atoms with E-state index in [4.69, 9.17) is 0 Å². The van der Waals surface area contributed by atoms with Crippen molar-refractivity contribution in [3.63, 3.8) is 0 Å². The van der Waals surface area contributed by atoms with Crippen molar-refractivity contribution in [3.8, 4) is 17.2 Å². The van der Waals surface area contributed by atoms with Gasteiger partial charge in [-0.15, -0.1) is 0 Å². The highest BCUT2D eigenvalue weighted by Crippen LogP contribution is 2.39. The summed E-state index contributed by atoms with van der Waals surface area (Å²) in [5.41, 5.74) is 5.56. The van der Waals surface area contributed by atoms with E-state index in [1.54, 1.807) is 36.4 Å². The SMILES string of the molecule is Oc1ccc(N(c2ccccc2)c2ccc(N(c3ccc(O)cc3)c3ccc(O)cc3)cc2)cc1. The average molecular weight is 461 g/mol. The molecular formula is C30H24N2O3. The van der Waals surface area contributed by atoms with E-state index < -0.39 is 0 Å². The zero-order chi connectivity index (χ0) is 24.2. The lowest BCUT2D eigenvalue weighted by Crippen LogP contribution is -2.12. The van der Waals surface area contributed by atoms with Crippen LogP contribution in [-0.4, -0.2) is 15.3 Å². The van der Waals surface area contributed by atoms with Crippen LogP contribution in [0.2, 0.25) is 0 Å². The minimum absolute atomic E-state index is 0.196. The summed E-state index contributed by atoms with van der Waals surface area (Å²) < 4.78 is 0. The van der Waals surface area contributed by atoms with Gasteiger partial charge in [-0.05, 0) is 109 Å². The largest absolute Gasteiger partial charge is 0.508 e. The molecular weight excluding hydrogens is 436 g/mol. The maximum atomic E-state index is 9.77. The number of benzene rings is 5. The van der Waals surface area contributed by atoms with Crippen LogP contribution in [-0.2, 0) is 0 Å². The van der Waals surface area contributed by atoms with Crippen LogP contribution in [0.4, 0.5) is 34.1 Å². The fourth-order valence-corrected chi connectivity index (χ4v) is 4.03. The average Bonchev–Trinajstić information content (AvgIpc) is 2.89. The van der Waals surface area contributed by atoms with Crippen molar-refractivity contribution < 1.29 is 15.3 Å². The molecule has 3 N–H and O–H groups in total. The van der Waals surface area contributed by atoms with E-state index in [1.807, 2.05) is 91.0 Å². The summed E-state index contributed by atoms with van der Waals surface area (Å²) in [7, 11) is 0.